The lowest BCUT2D eigenvalue weighted by Gasteiger charge is -2.26. The minimum Gasteiger partial charge on any atom is -0.366 e. The molecule has 4 N–H and O–H groups in total. The monoisotopic (exact) mass is 496 g/mol. The zero-order valence-corrected chi connectivity index (χ0v) is 19.7. The van der Waals surface area contributed by atoms with Crippen LogP contribution in [0.25, 0.3) is 0 Å². The number of halogens is 3. The van der Waals surface area contributed by atoms with E-state index in [0.717, 1.165) is 5.56 Å². The molecule has 10 heteroatoms. The van der Waals surface area contributed by atoms with E-state index in [1.165, 1.54) is 11.8 Å². The number of carbonyl (C=O) groups excluding carboxylic acids is 2. The maximum atomic E-state index is 12.4. The van der Waals surface area contributed by atoms with Crippen LogP contribution < -0.4 is 16.4 Å². The number of hydrogen-bond donors (Lipinski definition) is 3. The maximum absolute atomic E-state index is 12.4. The first kappa shape index (κ1) is 23.5. The molecule has 1 atom stereocenters. The number of amidine groups is 1. The zero-order chi connectivity index (χ0) is 22.7. The van der Waals surface area contributed by atoms with E-state index in [1.54, 1.807) is 37.3 Å². The van der Waals surface area contributed by atoms with E-state index in [1.807, 2.05) is 13.0 Å². The zero-order valence-electron chi connectivity index (χ0n) is 16.6. The number of nitrogens with zero attached hydrogens (tertiary/aromatic N) is 1. The average molecular weight is 498 g/mol. The van der Waals surface area contributed by atoms with Crippen molar-refractivity contribution in [1.29, 1.82) is 0 Å². The lowest BCUT2D eigenvalue weighted by molar-refractivity contribution is -0.115. The van der Waals surface area contributed by atoms with Gasteiger partial charge in [-0.2, -0.15) is 0 Å². The second-order valence-corrected chi connectivity index (χ2v) is 8.96. The SMILES string of the molecule is CC1=C(C(N)=O)[C@@H](c2cccc(Cl)c2Cl)N=C(SCC(=O)Nc2ccc(C)c(Cl)c2)N1. The lowest BCUT2D eigenvalue weighted by atomic mass is 9.96. The molecule has 1 aliphatic rings. The van der Waals surface area contributed by atoms with Crippen LogP contribution >= 0.6 is 46.6 Å². The Hall–Kier alpha value is -2.19. The summed E-state index contributed by atoms with van der Waals surface area (Å²) in [5.41, 5.74) is 8.50. The number of carbonyl (C=O) groups is 2. The van der Waals surface area contributed by atoms with Crippen molar-refractivity contribution in [2.45, 2.75) is 19.9 Å². The molecular weight excluding hydrogens is 479 g/mol. The van der Waals surface area contributed by atoms with Crippen molar-refractivity contribution in [3.63, 3.8) is 0 Å². The molecular formula is C21H19Cl3N4O2S. The number of aliphatic imine (C=N–C) groups is 1. The van der Waals surface area contributed by atoms with Gasteiger partial charge in [0.15, 0.2) is 5.17 Å². The molecule has 31 heavy (non-hydrogen) atoms. The summed E-state index contributed by atoms with van der Waals surface area (Å²) in [7, 11) is 0. The van der Waals surface area contributed by atoms with Crippen molar-refractivity contribution in [2.24, 2.45) is 10.7 Å². The molecule has 0 aromatic heterocycles. The Morgan fingerprint density at radius 3 is 2.58 bits per heavy atom. The van der Waals surface area contributed by atoms with Gasteiger partial charge in [0.2, 0.25) is 11.8 Å². The smallest absolute Gasteiger partial charge is 0.248 e. The number of nitrogens with two attached hydrogens (primary N) is 1. The highest BCUT2D eigenvalue weighted by Gasteiger charge is 2.30. The van der Waals surface area contributed by atoms with Gasteiger partial charge in [0.25, 0.3) is 0 Å². The fourth-order valence-electron chi connectivity index (χ4n) is 3.00. The summed E-state index contributed by atoms with van der Waals surface area (Å²) in [6.07, 6.45) is 0. The molecule has 1 aliphatic heterocycles. The Kier molecular flexibility index (Phi) is 7.54. The van der Waals surface area contributed by atoms with Crippen molar-refractivity contribution >= 4 is 69.2 Å². The summed E-state index contributed by atoms with van der Waals surface area (Å²) in [4.78, 5) is 29.0. The fraction of sp³-hybridized carbons (Fsp3) is 0.190. The minimum atomic E-state index is -0.730. The summed E-state index contributed by atoms with van der Waals surface area (Å²) in [5.74, 6) is -0.756. The molecule has 0 saturated heterocycles. The van der Waals surface area contributed by atoms with Gasteiger partial charge < -0.3 is 16.4 Å². The number of rotatable bonds is 5. The van der Waals surface area contributed by atoms with Gasteiger partial charge in [0.05, 0.1) is 21.4 Å². The average Bonchev–Trinajstić information content (AvgIpc) is 2.70. The van der Waals surface area contributed by atoms with Gasteiger partial charge in [-0.3, -0.25) is 9.59 Å². The molecule has 2 aromatic carbocycles. The van der Waals surface area contributed by atoms with E-state index in [0.29, 0.717) is 37.2 Å². The number of thioether (sulfide) groups is 1. The molecule has 0 aliphatic carbocycles. The van der Waals surface area contributed by atoms with Gasteiger partial charge in [-0.25, -0.2) is 4.99 Å². The number of allylic oxidation sites excluding steroid dienone is 1. The van der Waals surface area contributed by atoms with E-state index < -0.39 is 11.9 Å². The standard InChI is InChI=1S/C21H19Cl3N4O2S/c1-10-6-7-12(8-15(10)23)27-16(29)9-31-21-26-11(2)17(20(25)30)19(28-21)13-4-3-5-14(22)18(13)24/h3-8,19H,9H2,1-2H3,(H2,25,30)(H,26,28)(H,27,29)/t19-/m1/s1. The van der Waals surface area contributed by atoms with Gasteiger partial charge in [-0.15, -0.1) is 0 Å². The van der Waals surface area contributed by atoms with E-state index >= 15 is 0 Å². The first-order chi connectivity index (χ1) is 14.7. The second kappa shape index (κ2) is 9.96. The van der Waals surface area contributed by atoms with Crippen LogP contribution in [0.5, 0.6) is 0 Å². The Bertz CT molecular complexity index is 1120. The number of primary amides is 1. The predicted octanol–water partition coefficient (Wildman–Crippen LogP) is 5.09. The number of aryl methyl sites for hydroxylation is 1. The normalized spacial score (nSPS) is 15.9. The summed E-state index contributed by atoms with van der Waals surface area (Å²) >= 11 is 19.8. The number of benzene rings is 2. The third kappa shape index (κ3) is 5.54. The molecule has 1 heterocycles. The molecule has 2 amide bonds. The van der Waals surface area contributed by atoms with Crippen molar-refractivity contribution < 1.29 is 9.59 Å². The quantitative estimate of drug-likeness (QED) is 0.536. The van der Waals surface area contributed by atoms with Crippen molar-refractivity contribution in [3.05, 3.63) is 73.9 Å². The van der Waals surface area contributed by atoms with E-state index in [2.05, 4.69) is 15.6 Å². The van der Waals surface area contributed by atoms with E-state index in [4.69, 9.17) is 40.5 Å². The molecule has 0 unspecified atom stereocenters. The third-order valence-electron chi connectivity index (χ3n) is 4.56. The highest BCUT2D eigenvalue weighted by Crippen LogP contribution is 2.38. The van der Waals surface area contributed by atoms with Crippen molar-refractivity contribution in [3.8, 4) is 0 Å². The summed E-state index contributed by atoms with van der Waals surface area (Å²) in [6, 6.07) is 9.68. The Morgan fingerprint density at radius 1 is 1.16 bits per heavy atom. The van der Waals surface area contributed by atoms with Crippen molar-refractivity contribution in [2.75, 3.05) is 11.1 Å². The molecule has 0 bridgehead atoms. The van der Waals surface area contributed by atoms with Crippen LogP contribution in [0.2, 0.25) is 15.1 Å². The van der Waals surface area contributed by atoms with Gasteiger partial charge >= 0.3 is 0 Å². The number of anilines is 1. The summed E-state index contributed by atoms with van der Waals surface area (Å²) < 4.78 is 0. The number of amides is 2. The van der Waals surface area contributed by atoms with Crippen LogP contribution in [-0.4, -0.2) is 22.7 Å². The van der Waals surface area contributed by atoms with Gasteiger partial charge in [0, 0.05) is 22.0 Å². The highest BCUT2D eigenvalue weighted by atomic mass is 35.5. The Morgan fingerprint density at radius 2 is 1.90 bits per heavy atom. The van der Waals surface area contributed by atoms with Crippen LogP contribution in [0.3, 0.4) is 0 Å². The summed E-state index contributed by atoms with van der Waals surface area (Å²) in [5, 5.41) is 7.50. The van der Waals surface area contributed by atoms with Crippen LogP contribution in [0.4, 0.5) is 5.69 Å². The van der Waals surface area contributed by atoms with E-state index in [-0.39, 0.29) is 17.2 Å². The maximum Gasteiger partial charge on any atom is 0.248 e. The number of hydrogen-bond acceptors (Lipinski definition) is 5. The minimum absolute atomic E-state index is 0.0898. The van der Waals surface area contributed by atoms with Gasteiger partial charge in [-0.1, -0.05) is 64.8 Å². The van der Waals surface area contributed by atoms with Gasteiger partial charge in [0.1, 0.15) is 6.04 Å². The largest absolute Gasteiger partial charge is 0.366 e. The molecule has 2 aromatic rings. The number of nitrogens with one attached hydrogen (secondary N) is 2. The molecule has 0 radical (unpaired) electrons. The highest BCUT2D eigenvalue weighted by molar-refractivity contribution is 8.14. The molecule has 6 nitrogen and oxygen atoms in total. The Balaban J connectivity index is 1.78. The Labute approximate surface area is 199 Å². The first-order valence-electron chi connectivity index (χ1n) is 9.15. The topological polar surface area (TPSA) is 96.6 Å². The molecule has 162 valence electrons. The van der Waals surface area contributed by atoms with E-state index in [9.17, 15) is 9.59 Å². The summed E-state index contributed by atoms with van der Waals surface area (Å²) in [6.45, 7) is 3.60. The molecule has 0 fully saturated rings. The molecule has 0 spiro atoms. The van der Waals surface area contributed by atoms with Gasteiger partial charge in [-0.05, 0) is 37.6 Å². The van der Waals surface area contributed by atoms with Crippen LogP contribution in [0.1, 0.15) is 24.1 Å². The first-order valence-corrected chi connectivity index (χ1v) is 11.3. The fourth-order valence-corrected chi connectivity index (χ4v) is 4.34. The van der Waals surface area contributed by atoms with Crippen LogP contribution in [0.15, 0.2) is 52.7 Å². The molecule has 0 saturated carbocycles. The lowest BCUT2D eigenvalue weighted by Crippen LogP contribution is -2.33. The van der Waals surface area contributed by atoms with Crippen molar-refractivity contribution in [1.82, 2.24) is 5.32 Å². The van der Waals surface area contributed by atoms with Crippen LogP contribution in [0, 0.1) is 6.92 Å². The predicted molar refractivity (Wildman–Crippen MR) is 129 cm³/mol. The third-order valence-corrected chi connectivity index (χ3v) is 6.68. The van der Waals surface area contributed by atoms with Crippen LogP contribution in [-0.2, 0) is 9.59 Å². The molecule has 3 rings (SSSR count). The second-order valence-electron chi connectivity index (χ2n) is 6.81.